The molecule has 23 heavy (non-hydrogen) atoms. The first-order chi connectivity index (χ1) is 10.9. The van der Waals surface area contributed by atoms with Gasteiger partial charge in [0.1, 0.15) is 10.7 Å². The molecule has 1 spiro atoms. The van der Waals surface area contributed by atoms with E-state index in [-0.39, 0.29) is 27.1 Å². The Hall–Kier alpha value is -1.41. The van der Waals surface area contributed by atoms with Gasteiger partial charge in [-0.15, -0.1) is 0 Å². The third-order valence-electron chi connectivity index (χ3n) is 4.16. The molecule has 0 aromatic heterocycles. The zero-order valence-electron chi connectivity index (χ0n) is 12.1. The van der Waals surface area contributed by atoms with Crippen LogP contribution in [0.25, 0.3) is 0 Å². The van der Waals surface area contributed by atoms with Crippen molar-refractivity contribution in [1.29, 1.82) is 0 Å². The van der Waals surface area contributed by atoms with Gasteiger partial charge in [-0.2, -0.15) is 4.99 Å². The summed E-state index contributed by atoms with van der Waals surface area (Å²) in [5.74, 6) is -2.03. The Labute approximate surface area is 145 Å². The normalized spacial score (nSPS) is 20.4. The number of benzene rings is 1. The summed E-state index contributed by atoms with van der Waals surface area (Å²) in [4.78, 5) is 10.0. The SMILES string of the molecule is NC1=NC2(CCCCC2)N(c2c(Br)cc(F)c(F)c2Cl)C(N)=N1. The largest absolute Gasteiger partial charge is 0.369 e. The van der Waals surface area contributed by atoms with Crippen molar-refractivity contribution in [2.45, 2.75) is 37.8 Å². The minimum absolute atomic E-state index is 0.0630. The van der Waals surface area contributed by atoms with Gasteiger partial charge in [-0.05, 0) is 47.7 Å². The molecule has 1 aliphatic heterocycles. The maximum Gasteiger partial charge on any atom is 0.220 e. The molecule has 0 saturated heterocycles. The van der Waals surface area contributed by atoms with Crippen molar-refractivity contribution in [2.75, 3.05) is 4.90 Å². The lowest BCUT2D eigenvalue weighted by Crippen LogP contribution is -2.58. The van der Waals surface area contributed by atoms with Crippen LogP contribution in [0.1, 0.15) is 32.1 Å². The fourth-order valence-electron chi connectivity index (χ4n) is 3.21. The van der Waals surface area contributed by atoms with Gasteiger partial charge in [-0.25, -0.2) is 13.8 Å². The number of hydrogen-bond acceptors (Lipinski definition) is 5. The van der Waals surface area contributed by atoms with Crippen LogP contribution in [-0.2, 0) is 0 Å². The molecule has 3 rings (SSSR count). The first kappa shape index (κ1) is 16.4. The fourth-order valence-corrected chi connectivity index (χ4v) is 4.17. The molecule has 0 bridgehead atoms. The molecule has 124 valence electrons. The number of rotatable bonds is 1. The predicted molar refractivity (Wildman–Crippen MR) is 90.6 cm³/mol. The summed E-state index contributed by atoms with van der Waals surface area (Å²) in [5.41, 5.74) is 11.3. The standard InChI is InChI=1S/C14H15BrClF2N5/c15-7-6-8(17)10(18)9(16)11(7)23-13(20)21-12(19)22-14(23)4-2-1-3-5-14/h6H,1-5H2,(H4,19,20,21,22). The van der Waals surface area contributed by atoms with Crippen molar-refractivity contribution in [1.82, 2.24) is 0 Å². The van der Waals surface area contributed by atoms with Gasteiger partial charge in [-0.3, -0.25) is 4.90 Å². The minimum Gasteiger partial charge on any atom is -0.369 e. The average molecular weight is 407 g/mol. The molecule has 1 saturated carbocycles. The van der Waals surface area contributed by atoms with Crippen LogP contribution in [0, 0.1) is 11.6 Å². The molecule has 2 aliphatic rings. The van der Waals surface area contributed by atoms with Gasteiger partial charge >= 0.3 is 0 Å². The summed E-state index contributed by atoms with van der Waals surface area (Å²) in [7, 11) is 0. The van der Waals surface area contributed by atoms with Crippen molar-refractivity contribution in [2.24, 2.45) is 21.5 Å². The van der Waals surface area contributed by atoms with Crippen LogP contribution in [0.5, 0.6) is 0 Å². The third kappa shape index (κ3) is 2.67. The fraction of sp³-hybridized carbons (Fsp3) is 0.429. The molecular formula is C14H15BrClF2N5. The molecule has 0 unspecified atom stereocenters. The van der Waals surface area contributed by atoms with Gasteiger partial charge in [0.25, 0.3) is 0 Å². The Morgan fingerprint density at radius 1 is 1.22 bits per heavy atom. The van der Waals surface area contributed by atoms with Crippen LogP contribution in [-0.4, -0.2) is 17.6 Å². The zero-order chi connectivity index (χ0) is 16.8. The summed E-state index contributed by atoms with van der Waals surface area (Å²) in [6.07, 6.45) is 4.24. The molecule has 1 aromatic rings. The Balaban J connectivity index is 2.21. The van der Waals surface area contributed by atoms with Gasteiger partial charge in [0.2, 0.25) is 11.9 Å². The van der Waals surface area contributed by atoms with E-state index in [4.69, 9.17) is 23.1 Å². The van der Waals surface area contributed by atoms with Gasteiger partial charge in [-0.1, -0.05) is 18.0 Å². The van der Waals surface area contributed by atoms with E-state index in [1.807, 2.05) is 0 Å². The quantitative estimate of drug-likeness (QED) is 0.553. The smallest absolute Gasteiger partial charge is 0.220 e. The molecule has 9 heteroatoms. The van der Waals surface area contributed by atoms with Gasteiger partial charge in [0.05, 0.1) is 5.69 Å². The van der Waals surface area contributed by atoms with E-state index in [1.165, 1.54) is 0 Å². The highest BCUT2D eigenvalue weighted by Crippen LogP contribution is 2.45. The molecule has 5 nitrogen and oxygen atoms in total. The van der Waals surface area contributed by atoms with Gasteiger partial charge in [0.15, 0.2) is 11.6 Å². The van der Waals surface area contributed by atoms with Gasteiger partial charge in [0, 0.05) is 4.47 Å². The third-order valence-corrected chi connectivity index (χ3v) is 5.11. The van der Waals surface area contributed by atoms with E-state index in [0.717, 1.165) is 25.3 Å². The van der Waals surface area contributed by atoms with Crippen molar-refractivity contribution < 1.29 is 8.78 Å². The Morgan fingerprint density at radius 2 is 1.87 bits per heavy atom. The number of aliphatic imine (C=N–C) groups is 2. The Bertz CT molecular complexity index is 716. The number of guanidine groups is 2. The lowest BCUT2D eigenvalue weighted by Gasteiger charge is -2.46. The Kier molecular flexibility index (Phi) is 4.22. The summed E-state index contributed by atoms with van der Waals surface area (Å²) in [6, 6.07) is 1.02. The van der Waals surface area contributed by atoms with Crippen molar-refractivity contribution in [3.8, 4) is 0 Å². The summed E-state index contributed by atoms with van der Waals surface area (Å²) >= 11 is 9.30. The predicted octanol–water partition coefficient (Wildman–Crippen LogP) is 3.49. The number of nitrogens with two attached hydrogens (primary N) is 2. The van der Waals surface area contributed by atoms with Gasteiger partial charge < -0.3 is 11.5 Å². The number of nitrogens with zero attached hydrogens (tertiary/aromatic N) is 3. The van der Waals surface area contributed by atoms with Crippen molar-refractivity contribution in [3.05, 3.63) is 27.2 Å². The van der Waals surface area contributed by atoms with E-state index < -0.39 is 17.3 Å². The number of hydrogen-bond donors (Lipinski definition) is 2. The van der Waals surface area contributed by atoms with Crippen LogP contribution < -0.4 is 16.4 Å². The maximum atomic E-state index is 14.0. The topological polar surface area (TPSA) is 80.0 Å². The van der Waals surface area contributed by atoms with E-state index in [2.05, 4.69) is 25.9 Å². The van der Waals surface area contributed by atoms with E-state index >= 15 is 0 Å². The number of halogens is 4. The highest BCUT2D eigenvalue weighted by molar-refractivity contribution is 9.10. The summed E-state index contributed by atoms with van der Waals surface area (Å²) < 4.78 is 27.8. The molecule has 1 aliphatic carbocycles. The highest BCUT2D eigenvalue weighted by atomic mass is 79.9. The summed E-state index contributed by atoms with van der Waals surface area (Å²) in [5, 5.41) is -0.365. The minimum atomic E-state index is -1.13. The monoisotopic (exact) mass is 405 g/mol. The van der Waals surface area contributed by atoms with Crippen LogP contribution >= 0.6 is 27.5 Å². The molecular weight excluding hydrogens is 392 g/mol. The van der Waals surface area contributed by atoms with E-state index in [0.29, 0.717) is 12.8 Å². The molecule has 0 radical (unpaired) electrons. The van der Waals surface area contributed by atoms with Crippen molar-refractivity contribution in [3.63, 3.8) is 0 Å². The molecule has 1 fully saturated rings. The molecule has 4 N–H and O–H groups in total. The number of anilines is 1. The highest BCUT2D eigenvalue weighted by Gasteiger charge is 2.44. The second-order valence-electron chi connectivity index (χ2n) is 5.64. The van der Waals surface area contributed by atoms with Crippen LogP contribution in [0.3, 0.4) is 0 Å². The van der Waals surface area contributed by atoms with Crippen LogP contribution in [0.2, 0.25) is 5.02 Å². The first-order valence-corrected chi connectivity index (χ1v) is 8.35. The van der Waals surface area contributed by atoms with Crippen LogP contribution in [0.15, 0.2) is 20.5 Å². The maximum absolute atomic E-state index is 14.0. The summed E-state index contributed by atoms with van der Waals surface area (Å²) in [6.45, 7) is 0. The molecule has 0 atom stereocenters. The lowest BCUT2D eigenvalue weighted by molar-refractivity contribution is 0.305. The second kappa shape index (κ2) is 5.90. The Morgan fingerprint density at radius 3 is 2.52 bits per heavy atom. The lowest BCUT2D eigenvalue weighted by atomic mass is 9.87. The average Bonchev–Trinajstić information content (AvgIpc) is 2.48. The van der Waals surface area contributed by atoms with Crippen molar-refractivity contribution >= 4 is 45.1 Å². The van der Waals surface area contributed by atoms with Crippen LogP contribution in [0.4, 0.5) is 14.5 Å². The van der Waals surface area contributed by atoms with E-state index in [9.17, 15) is 8.78 Å². The second-order valence-corrected chi connectivity index (χ2v) is 6.87. The molecule has 1 aromatic carbocycles. The molecule has 1 heterocycles. The zero-order valence-corrected chi connectivity index (χ0v) is 14.5. The van der Waals surface area contributed by atoms with E-state index in [1.54, 1.807) is 4.90 Å². The molecule has 0 amide bonds. The first-order valence-electron chi connectivity index (χ1n) is 7.18.